The molecule has 130 valence electrons. The van der Waals surface area contributed by atoms with E-state index in [4.69, 9.17) is 5.11 Å². The average Bonchev–Trinajstić information content (AvgIpc) is 3.13. The summed E-state index contributed by atoms with van der Waals surface area (Å²) >= 11 is 0. The summed E-state index contributed by atoms with van der Waals surface area (Å²) in [6.45, 7) is 4.98. The van der Waals surface area contributed by atoms with Gasteiger partial charge in [-0.15, -0.1) is 0 Å². The monoisotopic (exact) mass is 322 g/mol. The minimum atomic E-state index is -0.135. The van der Waals surface area contributed by atoms with Crippen molar-refractivity contribution in [2.24, 2.45) is 11.8 Å². The molecular formula is C17H30N4O2. The molecule has 0 saturated heterocycles. The third-order valence-electron chi connectivity index (χ3n) is 4.50. The van der Waals surface area contributed by atoms with Crippen molar-refractivity contribution >= 4 is 11.6 Å². The smallest absolute Gasteiger partial charge is 0.241 e. The highest BCUT2D eigenvalue weighted by Gasteiger charge is 2.27. The Morgan fingerprint density at radius 1 is 1.48 bits per heavy atom. The molecule has 3 N–H and O–H groups in total. The van der Waals surface area contributed by atoms with E-state index in [1.807, 2.05) is 6.20 Å². The summed E-state index contributed by atoms with van der Waals surface area (Å²) in [6.07, 6.45) is 10.1. The number of hydrogen-bond donors (Lipinski definition) is 3. The first kappa shape index (κ1) is 17.8. The molecule has 1 fully saturated rings. The quantitative estimate of drug-likeness (QED) is 0.650. The molecule has 2 atom stereocenters. The van der Waals surface area contributed by atoms with Crippen molar-refractivity contribution < 1.29 is 9.90 Å². The Kier molecular flexibility index (Phi) is 6.89. The third-order valence-corrected chi connectivity index (χ3v) is 4.50. The van der Waals surface area contributed by atoms with E-state index in [1.54, 1.807) is 10.9 Å². The fourth-order valence-electron chi connectivity index (χ4n) is 3.26. The first-order valence-corrected chi connectivity index (χ1v) is 8.75. The van der Waals surface area contributed by atoms with Crippen molar-refractivity contribution in [1.82, 2.24) is 15.1 Å². The lowest BCUT2D eigenvalue weighted by atomic mass is 9.93. The van der Waals surface area contributed by atoms with Crippen molar-refractivity contribution in [3.05, 3.63) is 12.4 Å². The predicted molar refractivity (Wildman–Crippen MR) is 91.1 cm³/mol. The van der Waals surface area contributed by atoms with Gasteiger partial charge in [-0.2, -0.15) is 5.10 Å². The Labute approximate surface area is 138 Å². The second-order valence-electron chi connectivity index (χ2n) is 6.91. The third kappa shape index (κ3) is 5.86. The van der Waals surface area contributed by atoms with Crippen LogP contribution in [0.5, 0.6) is 0 Å². The van der Waals surface area contributed by atoms with Gasteiger partial charge in [-0.25, -0.2) is 0 Å². The summed E-state index contributed by atoms with van der Waals surface area (Å²) in [4.78, 5) is 11.6. The molecule has 0 bridgehead atoms. The highest BCUT2D eigenvalue weighted by atomic mass is 16.3. The minimum absolute atomic E-state index is 0.0445. The maximum atomic E-state index is 11.6. The van der Waals surface area contributed by atoms with Gasteiger partial charge in [0, 0.05) is 18.8 Å². The molecule has 1 heterocycles. The number of hydrogen-bond acceptors (Lipinski definition) is 4. The molecule has 23 heavy (non-hydrogen) atoms. The van der Waals surface area contributed by atoms with Crippen LogP contribution in [-0.4, -0.2) is 40.0 Å². The zero-order valence-electron chi connectivity index (χ0n) is 14.3. The largest absolute Gasteiger partial charge is 0.395 e. The molecule has 2 rings (SSSR count). The molecule has 0 aliphatic heterocycles. The van der Waals surface area contributed by atoms with Crippen molar-refractivity contribution in [3.8, 4) is 0 Å². The molecule has 6 heteroatoms. The Balaban J connectivity index is 1.82. The van der Waals surface area contributed by atoms with E-state index in [1.165, 1.54) is 32.1 Å². The molecular weight excluding hydrogens is 292 g/mol. The number of amides is 1. The van der Waals surface area contributed by atoms with Crippen LogP contribution in [0.3, 0.4) is 0 Å². The topological polar surface area (TPSA) is 79.2 Å². The number of aliphatic hydroxyl groups excluding tert-OH is 1. The molecule has 1 aliphatic rings. The summed E-state index contributed by atoms with van der Waals surface area (Å²) in [7, 11) is 0. The maximum Gasteiger partial charge on any atom is 0.241 e. The number of rotatable bonds is 9. The van der Waals surface area contributed by atoms with Gasteiger partial charge in [-0.1, -0.05) is 26.7 Å². The molecule has 2 unspecified atom stereocenters. The van der Waals surface area contributed by atoms with Crippen LogP contribution in [0.4, 0.5) is 5.69 Å². The van der Waals surface area contributed by atoms with Gasteiger partial charge in [0.05, 0.1) is 18.5 Å². The zero-order valence-corrected chi connectivity index (χ0v) is 14.3. The van der Waals surface area contributed by atoms with Crippen LogP contribution in [0, 0.1) is 11.8 Å². The summed E-state index contributed by atoms with van der Waals surface area (Å²) in [5, 5.41) is 19.2. The first-order chi connectivity index (χ1) is 11.1. The van der Waals surface area contributed by atoms with Gasteiger partial charge in [0.15, 0.2) is 0 Å². The molecule has 1 aromatic rings. The molecule has 0 radical (unpaired) electrons. The molecule has 0 aromatic carbocycles. The van der Waals surface area contributed by atoms with E-state index in [2.05, 4.69) is 29.6 Å². The lowest BCUT2D eigenvalue weighted by molar-refractivity contribution is -0.122. The van der Waals surface area contributed by atoms with Crippen LogP contribution in [0.15, 0.2) is 12.4 Å². The molecule has 1 aromatic heterocycles. The summed E-state index contributed by atoms with van der Waals surface area (Å²) < 4.78 is 1.63. The highest BCUT2D eigenvalue weighted by Crippen LogP contribution is 2.32. The number of carbonyl (C=O) groups is 1. The first-order valence-electron chi connectivity index (χ1n) is 8.75. The number of carbonyl (C=O) groups excluding carboxylic acids is 1. The zero-order chi connectivity index (χ0) is 16.7. The van der Waals surface area contributed by atoms with Crippen molar-refractivity contribution in [2.75, 3.05) is 18.5 Å². The molecule has 6 nitrogen and oxygen atoms in total. The number of nitrogens with one attached hydrogen (secondary N) is 2. The lowest BCUT2D eigenvalue weighted by Crippen LogP contribution is -2.30. The van der Waals surface area contributed by atoms with Gasteiger partial charge in [0.25, 0.3) is 0 Å². The van der Waals surface area contributed by atoms with Gasteiger partial charge in [-0.05, 0) is 31.1 Å². The van der Waals surface area contributed by atoms with E-state index in [-0.39, 0.29) is 25.6 Å². The number of aliphatic hydroxyl groups is 1. The summed E-state index contributed by atoms with van der Waals surface area (Å²) in [5.74, 6) is 1.37. The van der Waals surface area contributed by atoms with Gasteiger partial charge >= 0.3 is 0 Å². The number of aromatic nitrogens is 2. The van der Waals surface area contributed by atoms with Crippen LogP contribution < -0.4 is 10.6 Å². The Bertz CT molecular complexity index is 487. The number of anilines is 1. The Morgan fingerprint density at radius 2 is 2.30 bits per heavy atom. The van der Waals surface area contributed by atoms with E-state index in [9.17, 15) is 4.79 Å². The van der Waals surface area contributed by atoms with E-state index in [0.717, 1.165) is 17.5 Å². The molecule has 1 saturated carbocycles. The highest BCUT2D eigenvalue weighted by molar-refractivity contribution is 5.75. The lowest BCUT2D eigenvalue weighted by Gasteiger charge is -2.21. The standard InChI is InChI=1S/C17H30N4O2/c1-13(2)6-7-14-4-3-5-16(14)20-15-10-19-21(11-15)12-17(23)18-8-9-22/h10-11,13-14,16,20,22H,3-9,12H2,1-2H3,(H,18,23). The molecule has 1 aliphatic carbocycles. The summed E-state index contributed by atoms with van der Waals surface area (Å²) in [5.41, 5.74) is 0.987. The Morgan fingerprint density at radius 3 is 3.04 bits per heavy atom. The number of nitrogens with zero attached hydrogens (tertiary/aromatic N) is 2. The van der Waals surface area contributed by atoms with Gasteiger partial charge in [0.2, 0.25) is 5.91 Å². The maximum absolute atomic E-state index is 11.6. The van der Waals surface area contributed by atoms with Crippen LogP contribution in [0.1, 0.15) is 46.0 Å². The molecule has 0 spiro atoms. The van der Waals surface area contributed by atoms with Crippen molar-refractivity contribution in [2.45, 2.75) is 58.5 Å². The fourth-order valence-corrected chi connectivity index (χ4v) is 3.26. The fraction of sp³-hybridized carbons (Fsp3) is 0.765. The van der Waals surface area contributed by atoms with Gasteiger partial charge in [-0.3, -0.25) is 9.48 Å². The summed E-state index contributed by atoms with van der Waals surface area (Å²) in [6, 6.07) is 0.523. The van der Waals surface area contributed by atoms with Crippen molar-refractivity contribution in [1.29, 1.82) is 0 Å². The normalized spacial score (nSPS) is 20.9. The van der Waals surface area contributed by atoms with Gasteiger partial charge < -0.3 is 15.7 Å². The predicted octanol–water partition coefficient (Wildman–Crippen LogP) is 2.01. The van der Waals surface area contributed by atoms with E-state index < -0.39 is 0 Å². The van der Waals surface area contributed by atoms with Crippen LogP contribution in [0.25, 0.3) is 0 Å². The van der Waals surface area contributed by atoms with Crippen molar-refractivity contribution in [3.63, 3.8) is 0 Å². The second kappa shape index (κ2) is 8.91. The van der Waals surface area contributed by atoms with Crippen LogP contribution >= 0.6 is 0 Å². The second-order valence-corrected chi connectivity index (χ2v) is 6.91. The van der Waals surface area contributed by atoms with E-state index in [0.29, 0.717) is 6.04 Å². The SMILES string of the molecule is CC(C)CCC1CCCC1Nc1cnn(CC(=O)NCCO)c1. The van der Waals surface area contributed by atoms with Crippen LogP contribution in [-0.2, 0) is 11.3 Å². The van der Waals surface area contributed by atoms with Gasteiger partial charge in [0.1, 0.15) is 6.54 Å². The average molecular weight is 322 g/mol. The van der Waals surface area contributed by atoms with Crippen LogP contribution in [0.2, 0.25) is 0 Å². The minimum Gasteiger partial charge on any atom is -0.395 e. The molecule has 1 amide bonds. The Hall–Kier alpha value is -1.56. The van der Waals surface area contributed by atoms with E-state index >= 15 is 0 Å².